The third-order valence-corrected chi connectivity index (χ3v) is 8.90. The summed E-state index contributed by atoms with van der Waals surface area (Å²) in [6.07, 6.45) is 1.35. The Balaban J connectivity index is 1.26. The van der Waals surface area contributed by atoms with E-state index in [1.807, 2.05) is 11.8 Å². The minimum absolute atomic E-state index is 0.000123. The van der Waals surface area contributed by atoms with Gasteiger partial charge in [0.25, 0.3) is 10.2 Å². The standard InChI is InChI=1S/C24H27F3N4O2S2/c25-18-3-1-16(2-4-18)23-22(20-11-19(26)12-21(27)24(20)30-23)17-9-15(10-17)13-29-35(32,33)28-5-6-31-7-8-34-14-31/h1-4,11-12,15,17,28-30H,5-10,13-14H2/t15-,17-. The van der Waals surface area contributed by atoms with Crippen molar-refractivity contribution in [3.63, 3.8) is 0 Å². The quantitative estimate of drug-likeness (QED) is 0.393. The van der Waals surface area contributed by atoms with Crippen molar-refractivity contribution in [2.75, 3.05) is 37.8 Å². The van der Waals surface area contributed by atoms with E-state index in [-0.39, 0.29) is 23.2 Å². The predicted octanol–water partition coefficient (Wildman–Crippen LogP) is 4.18. The summed E-state index contributed by atoms with van der Waals surface area (Å²) >= 11 is 1.84. The van der Waals surface area contributed by atoms with Gasteiger partial charge >= 0.3 is 0 Å². The van der Waals surface area contributed by atoms with E-state index >= 15 is 0 Å². The Morgan fingerprint density at radius 3 is 2.54 bits per heavy atom. The molecule has 35 heavy (non-hydrogen) atoms. The largest absolute Gasteiger partial charge is 0.352 e. The molecule has 1 aliphatic heterocycles. The Morgan fingerprint density at radius 1 is 1.06 bits per heavy atom. The summed E-state index contributed by atoms with van der Waals surface area (Å²) in [7, 11) is -3.59. The Hall–Kier alpha value is -2.05. The van der Waals surface area contributed by atoms with Crippen LogP contribution in [-0.4, -0.2) is 56.1 Å². The van der Waals surface area contributed by atoms with E-state index in [1.54, 1.807) is 12.1 Å². The number of thioether (sulfide) groups is 1. The van der Waals surface area contributed by atoms with E-state index in [1.165, 1.54) is 18.2 Å². The first kappa shape index (κ1) is 24.6. The normalized spacial score (nSPS) is 21.0. The number of hydrogen-bond acceptors (Lipinski definition) is 4. The molecule has 3 aromatic rings. The van der Waals surface area contributed by atoms with Crippen molar-refractivity contribution in [2.24, 2.45) is 5.92 Å². The Morgan fingerprint density at radius 2 is 1.83 bits per heavy atom. The van der Waals surface area contributed by atoms with Crippen molar-refractivity contribution in [3.8, 4) is 11.3 Å². The van der Waals surface area contributed by atoms with Gasteiger partial charge < -0.3 is 4.98 Å². The first-order valence-electron chi connectivity index (χ1n) is 11.6. The smallest absolute Gasteiger partial charge is 0.276 e. The molecular weight excluding hydrogens is 497 g/mol. The zero-order valence-corrected chi connectivity index (χ0v) is 20.6. The number of hydrogen-bond donors (Lipinski definition) is 3. The molecule has 188 valence electrons. The van der Waals surface area contributed by atoms with Crippen LogP contribution in [0, 0.1) is 23.4 Å². The van der Waals surface area contributed by atoms with Crippen LogP contribution in [0.25, 0.3) is 22.2 Å². The second-order valence-electron chi connectivity index (χ2n) is 9.17. The van der Waals surface area contributed by atoms with E-state index in [9.17, 15) is 21.6 Å². The fourth-order valence-corrected chi connectivity index (χ4v) is 6.84. The molecule has 0 amide bonds. The molecule has 11 heteroatoms. The molecule has 1 aliphatic carbocycles. The number of nitrogens with one attached hydrogen (secondary N) is 3. The molecule has 1 saturated carbocycles. The van der Waals surface area contributed by atoms with E-state index < -0.39 is 21.8 Å². The number of benzene rings is 2. The topological polar surface area (TPSA) is 77.2 Å². The Bertz CT molecular complexity index is 1300. The van der Waals surface area contributed by atoms with Crippen LogP contribution in [0.1, 0.15) is 24.3 Å². The van der Waals surface area contributed by atoms with Gasteiger partial charge in [-0.05, 0) is 66.1 Å². The summed E-state index contributed by atoms with van der Waals surface area (Å²) in [6, 6.07) is 8.02. The van der Waals surface area contributed by atoms with E-state index in [0.29, 0.717) is 49.1 Å². The van der Waals surface area contributed by atoms with Gasteiger partial charge in [-0.25, -0.2) is 22.6 Å². The SMILES string of the molecule is O=S(=O)(NCCN1CCSC1)NC[C@H]1C[C@H](c2c(-c3ccc(F)cc3)[nH]c3c(F)cc(F)cc32)C1. The fraction of sp³-hybridized carbons (Fsp3) is 0.417. The highest BCUT2D eigenvalue weighted by atomic mass is 32.2. The molecule has 0 unspecified atom stereocenters. The molecule has 0 spiro atoms. The molecule has 0 radical (unpaired) electrons. The summed E-state index contributed by atoms with van der Waals surface area (Å²) in [6.45, 7) is 2.31. The van der Waals surface area contributed by atoms with Crippen LogP contribution in [0.5, 0.6) is 0 Å². The summed E-state index contributed by atoms with van der Waals surface area (Å²) in [5, 5.41) is 0.465. The highest BCUT2D eigenvalue weighted by molar-refractivity contribution is 7.99. The van der Waals surface area contributed by atoms with Gasteiger partial charge in [-0.1, -0.05) is 0 Å². The maximum Gasteiger partial charge on any atom is 0.276 e. The zero-order valence-electron chi connectivity index (χ0n) is 19.0. The predicted molar refractivity (Wildman–Crippen MR) is 133 cm³/mol. The molecule has 5 rings (SSSR count). The monoisotopic (exact) mass is 524 g/mol. The number of rotatable bonds is 9. The molecule has 2 aromatic carbocycles. The second-order valence-corrected chi connectivity index (χ2v) is 11.8. The summed E-state index contributed by atoms with van der Waals surface area (Å²) in [5.74, 6) is 0.385. The maximum absolute atomic E-state index is 14.5. The van der Waals surface area contributed by atoms with Crippen LogP contribution < -0.4 is 9.44 Å². The minimum Gasteiger partial charge on any atom is -0.352 e. The molecule has 0 atom stereocenters. The number of fused-ring (bicyclic) bond motifs is 1. The van der Waals surface area contributed by atoms with Gasteiger partial charge in [-0.15, -0.1) is 11.8 Å². The minimum atomic E-state index is -3.59. The number of halogens is 3. The van der Waals surface area contributed by atoms with Gasteiger partial charge in [-0.3, -0.25) is 4.90 Å². The highest BCUT2D eigenvalue weighted by Crippen LogP contribution is 2.48. The fourth-order valence-electron chi connectivity index (χ4n) is 4.89. The molecule has 0 bridgehead atoms. The van der Waals surface area contributed by atoms with Crippen molar-refractivity contribution in [1.29, 1.82) is 0 Å². The number of aromatic nitrogens is 1. The second kappa shape index (κ2) is 10.1. The van der Waals surface area contributed by atoms with Crippen LogP contribution in [0.2, 0.25) is 0 Å². The van der Waals surface area contributed by atoms with Crippen LogP contribution in [0.3, 0.4) is 0 Å². The lowest BCUT2D eigenvalue weighted by molar-refractivity contribution is 0.266. The van der Waals surface area contributed by atoms with Crippen molar-refractivity contribution in [1.82, 2.24) is 19.3 Å². The van der Waals surface area contributed by atoms with E-state index in [4.69, 9.17) is 0 Å². The van der Waals surface area contributed by atoms with Crippen LogP contribution in [0.4, 0.5) is 13.2 Å². The summed E-state index contributed by atoms with van der Waals surface area (Å²) in [5.41, 5.74) is 2.31. The molecular formula is C24H27F3N4O2S2. The van der Waals surface area contributed by atoms with Gasteiger partial charge in [0.15, 0.2) is 0 Å². The van der Waals surface area contributed by atoms with Crippen molar-refractivity contribution in [2.45, 2.75) is 18.8 Å². The first-order chi connectivity index (χ1) is 16.8. The lowest BCUT2D eigenvalue weighted by atomic mass is 9.70. The van der Waals surface area contributed by atoms with Crippen LogP contribution in [-0.2, 0) is 10.2 Å². The average Bonchev–Trinajstić information content (AvgIpc) is 3.42. The maximum atomic E-state index is 14.5. The lowest BCUT2D eigenvalue weighted by Gasteiger charge is -2.36. The molecule has 1 aromatic heterocycles. The van der Waals surface area contributed by atoms with Crippen molar-refractivity contribution in [3.05, 3.63) is 59.4 Å². The molecule has 2 aliphatic rings. The third-order valence-electron chi connectivity index (χ3n) is 6.75. The Labute approximate surface area is 206 Å². The molecule has 2 fully saturated rings. The van der Waals surface area contributed by atoms with Crippen molar-refractivity contribution < 1.29 is 21.6 Å². The average molecular weight is 525 g/mol. The van der Waals surface area contributed by atoms with E-state index in [2.05, 4.69) is 19.3 Å². The van der Waals surface area contributed by atoms with Gasteiger partial charge in [0.2, 0.25) is 0 Å². The van der Waals surface area contributed by atoms with Crippen molar-refractivity contribution >= 4 is 32.9 Å². The molecule has 3 N–H and O–H groups in total. The summed E-state index contributed by atoms with van der Waals surface area (Å²) < 4.78 is 71.9. The Kier molecular flexibility index (Phi) is 7.13. The number of H-pyrrole nitrogens is 1. The van der Waals surface area contributed by atoms with Gasteiger partial charge in [0.1, 0.15) is 17.5 Å². The number of nitrogens with zero attached hydrogens (tertiary/aromatic N) is 1. The lowest BCUT2D eigenvalue weighted by Crippen LogP contribution is -2.43. The molecule has 2 heterocycles. The molecule has 1 saturated heterocycles. The van der Waals surface area contributed by atoms with E-state index in [0.717, 1.165) is 29.8 Å². The molecule has 6 nitrogen and oxygen atoms in total. The van der Waals surface area contributed by atoms with Gasteiger partial charge in [-0.2, -0.15) is 8.42 Å². The van der Waals surface area contributed by atoms with Gasteiger partial charge in [0.05, 0.1) is 11.2 Å². The van der Waals surface area contributed by atoms with Crippen LogP contribution >= 0.6 is 11.8 Å². The van der Waals surface area contributed by atoms with Crippen LogP contribution in [0.15, 0.2) is 36.4 Å². The zero-order chi connectivity index (χ0) is 24.6. The first-order valence-corrected chi connectivity index (χ1v) is 14.2. The third kappa shape index (κ3) is 5.54. The summed E-state index contributed by atoms with van der Waals surface area (Å²) in [4.78, 5) is 5.27. The van der Waals surface area contributed by atoms with Gasteiger partial charge in [0, 0.05) is 49.3 Å². The number of aromatic amines is 1. The highest BCUT2D eigenvalue weighted by Gasteiger charge is 2.35.